The van der Waals surface area contributed by atoms with Crippen LogP contribution >= 0.6 is 15.9 Å². The van der Waals surface area contributed by atoms with Crippen LogP contribution in [-0.2, 0) is 11.3 Å². The first-order valence-corrected chi connectivity index (χ1v) is 10.7. The minimum Gasteiger partial charge on any atom is -0.357 e. The van der Waals surface area contributed by atoms with Gasteiger partial charge in [0, 0.05) is 50.3 Å². The Morgan fingerprint density at radius 1 is 1.04 bits per heavy atom. The lowest BCUT2D eigenvalue weighted by Crippen LogP contribution is -2.54. The highest BCUT2D eigenvalue weighted by Crippen LogP contribution is 2.12. The molecule has 148 valence electrons. The Hall–Kier alpha value is -1.60. The van der Waals surface area contributed by atoms with Gasteiger partial charge in [-0.3, -0.25) is 9.69 Å². The van der Waals surface area contributed by atoms with Crippen LogP contribution in [0.4, 0.5) is 0 Å². The predicted molar refractivity (Wildman–Crippen MR) is 113 cm³/mol. The molecular formula is C20H30BrN5O. The summed E-state index contributed by atoms with van der Waals surface area (Å²) in [7, 11) is 0. The second-order valence-corrected chi connectivity index (χ2v) is 8.06. The van der Waals surface area contributed by atoms with Crippen LogP contribution in [0.1, 0.15) is 25.3 Å². The molecular weight excluding hydrogens is 406 g/mol. The number of amides is 1. The minimum absolute atomic E-state index is 0.289. The zero-order valence-electron chi connectivity index (χ0n) is 16.2. The fourth-order valence-electron chi connectivity index (χ4n) is 3.56. The van der Waals surface area contributed by atoms with E-state index < -0.39 is 0 Å². The lowest BCUT2D eigenvalue weighted by Gasteiger charge is -2.36. The number of nitrogens with zero attached hydrogens (tertiary/aromatic N) is 4. The van der Waals surface area contributed by atoms with E-state index in [1.54, 1.807) is 0 Å². The van der Waals surface area contributed by atoms with E-state index in [0.29, 0.717) is 13.1 Å². The highest BCUT2D eigenvalue weighted by Gasteiger charge is 2.24. The molecule has 27 heavy (non-hydrogen) atoms. The molecule has 1 N–H and O–H groups in total. The largest absolute Gasteiger partial charge is 0.357 e. The highest BCUT2D eigenvalue weighted by atomic mass is 79.9. The van der Waals surface area contributed by atoms with Gasteiger partial charge in [0.05, 0.1) is 13.1 Å². The number of piperazine rings is 1. The second kappa shape index (κ2) is 10.1. The molecule has 2 heterocycles. The summed E-state index contributed by atoms with van der Waals surface area (Å²) in [5, 5.41) is 3.41. The van der Waals surface area contributed by atoms with Crippen molar-refractivity contribution in [2.24, 2.45) is 4.99 Å². The number of aliphatic imine (C=N–C) groups is 1. The van der Waals surface area contributed by atoms with Gasteiger partial charge in [-0.25, -0.2) is 4.99 Å². The molecule has 0 bridgehead atoms. The number of rotatable bonds is 5. The van der Waals surface area contributed by atoms with E-state index in [9.17, 15) is 4.79 Å². The maximum absolute atomic E-state index is 12.3. The predicted octanol–water partition coefficient (Wildman–Crippen LogP) is 2.15. The minimum atomic E-state index is 0.289. The van der Waals surface area contributed by atoms with Crippen LogP contribution in [0.2, 0.25) is 0 Å². The average Bonchev–Trinajstić information content (AvgIpc) is 3.22. The van der Waals surface area contributed by atoms with Crippen LogP contribution in [0, 0.1) is 0 Å². The summed E-state index contributed by atoms with van der Waals surface area (Å²) < 4.78 is 1.08. The van der Waals surface area contributed by atoms with Crippen molar-refractivity contribution in [3.8, 4) is 0 Å². The van der Waals surface area contributed by atoms with Crippen LogP contribution in [0.3, 0.4) is 0 Å². The number of hydrogen-bond donors (Lipinski definition) is 1. The summed E-state index contributed by atoms with van der Waals surface area (Å²) in [6.07, 6.45) is 2.31. The molecule has 2 fully saturated rings. The number of guanidine groups is 1. The molecule has 0 spiro atoms. The maximum Gasteiger partial charge on any atom is 0.236 e. The van der Waals surface area contributed by atoms with Crippen molar-refractivity contribution in [3.63, 3.8) is 0 Å². The van der Waals surface area contributed by atoms with E-state index in [4.69, 9.17) is 4.99 Å². The summed E-state index contributed by atoms with van der Waals surface area (Å²) in [5.41, 5.74) is 1.20. The fourth-order valence-corrected chi connectivity index (χ4v) is 3.82. The SMILES string of the molecule is CCNC(=NCc1ccc(Br)cc1)N1CCN(CC(=O)N2CCCC2)CC1. The molecule has 1 aromatic rings. The van der Waals surface area contributed by atoms with Crippen molar-refractivity contribution in [2.45, 2.75) is 26.3 Å². The van der Waals surface area contributed by atoms with Crippen molar-refractivity contribution in [1.29, 1.82) is 0 Å². The van der Waals surface area contributed by atoms with Gasteiger partial charge in [0.2, 0.25) is 5.91 Å². The lowest BCUT2D eigenvalue weighted by atomic mass is 10.2. The fraction of sp³-hybridized carbons (Fsp3) is 0.600. The van der Waals surface area contributed by atoms with Crippen molar-refractivity contribution in [2.75, 3.05) is 52.4 Å². The van der Waals surface area contributed by atoms with Gasteiger partial charge in [-0.1, -0.05) is 28.1 Å². The molecule has 2 aliphatic heterocycles. The Kier molecular flexibility index (Phi) is 7.52. The third kappa shape index (κ3) is 5.94. The van der Waals surface area contributed by atoms with E-state index in [1.165, 1.54) is 5.56 Å². The van der Waals surface area contributed by atoms with E-state index in [0.717, 1.165) is 69.1 Å². The number of benzene rings is 1. The van der Waals surface area contributed by atoms with E-state index in [1.807, 2.05) is 17.0 Å². The zero-order chi connectivity index (χ0) is 19.1. The molecule has 0 aromatic heterocycles. The van der Waals surface area contributed by atoms with E-state index >= 15 is 0 Å². The monoisotopic (exact) mass is 435 g/mol. The van der Waals surface area contributed by atoms with E-state index in [-0.39, 0.29) is 5.91 Å². The van der Waals surface area contributed by atoms with Crippen LogP contribution in [0.15, 0.2) is 33.7 Å². The molecule has 0 atom stereocenters. The number of halogens is 1. The van der Waals surface area contributed by atoms with Crippen LogP contribution in [0.5, 0.6) is 0 Å². The normalized spacial score (nSPS) is 18.8. The summed E-state index contributed by atoms with van der Waals surface area (Å²) >= 11 is 3.47. The Labute approximate surface area is 170 Å². The topological polar surface area (TPSA) is 51.2 Å². The summed E-state index contributed by atoms with van der Waals surface area (Å²) in [5.74, 6) is 1.25. The number of likely N-dealkylation sites (tertiary alicyclic amines) is 1. The van der Waals surface area contributed by atoms with Gasteiger partial charge in [-0.15, -0.1) is 0 Å². The smallest absolute Gasteiger partial charge is 0.236 e. The van der Waals surface area contributed by atoms with Gasteiger partial charge in [-0.2, -0.15) is 0 Å². The van der Waals surface area contributed by atoms with Gasteiger partial charge in [0.15, 0.2) is 5.96 Å². The van der Waals surface area contributed by atoms with Crippen molar-refractivity contribution in [3.05, 3.63) is 34.3 Å². The third-order valence-corrected chi connectivity index (χ3v) is 5.68. The first-order chi connectivity index (χ1) is 13.2. The third-order valence-electron chi connectivity index (χ3n) is 5.15. The second-order valence-electron chi connectivity index (χ2n) is 7.15. The molecule has 0 aliphatic carbocycles. The van der Waals surface area contributed by atoms with Crippen LogP contribution in [-0.4, -0.2) is 78.9 Å². The van der Waals surface area contributed by atoms with Crippen LogP contribution in [0.25, 0.3) is 0 Å². The molecule has 2 aliphatic rings. The Balaban J connectivity index is 1.50. The average molecular weight is 436 g/mol. The van der Waals surface area contributed by atoms with E-state index in [2.05, 4.69) is 50.1 Å². The summed E-state index contributed by atoms with van der Waals surface area (Å²) in [6, 6.07) is 8.29. The Morgan fingerprint density at radius 2 is 1.70 bits per heavy atom. The quantitative estimate of drug-likeness (QED) is 0.568. The maximum atomic E-state index is 12.3. The van der Waals surface area contributed by atoms with Crippen LogP contribution < -0.4 is 5.32 Å². The van der Waals surface area contributed by atoms with Gasteiger partial charge < -0.3 is 15.1 Å². The van der Waals surface area contributed by atoms with Gasteiger partial charge in [0.25, 0.3) is 0 Å². The molecule has 6 nitrogen and oxygen atoms in total. The van der Waals surface area contributed by atoms with Gasteiger partial charge in [-0.05, 0) is 37.5 Å². The molecule has 0 unspecified atom stereocenters. The first kappa shape index (κ1) is 20.1. The Bertz CT molecular complexity index is 634. The van der Waals surface area contributed by atoms with Crippen molar-refractivity contribution in [1.82, 2.24) is 20.0 Å². The summed E-state index contributed by atoms with van der Waals surface area (Å²) in [6.45, 7) is 9.66. The molecule has 0 saturated carbocycles. The molecule has 1 amide bonds. The Morgan fingerprint density at radius 3 is 2.33 bits per heavy atom. The van der Waals surface area contributed by atoms with Gasteiger partial charge >= 0.3 is 0 Å². The molecule has 7 heteroatoms. The molecule has 0 radical (unpaired) electrons. The van der Waals surface area contributed by atoms with Crippen molar-refractivity contribution < 1.29 is 4.79 Å². The number of nitrogens with one attached hydrogen (secondary N) is 1. The van der Waals surface area contributed by atoms with Crippen molar-refractivity contribution >= 4 is 27.8 Å². The standard InChI is InChI=1S/C20H30BrN5O/c1-2-22-20(23-15-17-5-7-18(21)8-6-17)26-13-11-24(12-14-26)16-19(27)25-9-3-4-10-25/h5-8H,2-4,9-16H2,1H3,(H,22,23). The number of hydrogen-bond acceptors (Lipinski definition) is 3. The first-order valence-electron chi connectivity index (χ1n) is 9.93. The zero-order valence-corrected chi connectivity index (χ0v) is 17.7. The number of carbonyl (C=O) groups is 1. The highest BCUT2D eigenvalue weighted by molar-refractivity contribution is 9.10. The molecule has 1 aromatic carbocycles. The lowest BCUT2D eigenvalue weighted by molar-refractivity contribution is -0.131. The number of carbonyl (C=O) groups excluding carboxylic acids is 1. The van der Waals surface area contributed by atoms with Gasteiger partial charge in [0.1, 0.15) is 0 Å². The molecule has 3 rings (SSSR count). The summed E-state index contributed by atoms with van der Waals surface area (Å²) in [4.78, 5) is 23.7. The molecule has 2 saturated heterocycles.